The summed E-state index contributed by atoms with van der Waals surface area (Å²) in [4.78, 5) is 28.5. The quantitative estimate of drug-likeness (QED) is 0.543. The van der Waals surface area contributed by atoms with E-state index in [9.17, 15) is 9.59 Å². The van der Waals surface area contributed by atoms with E-state index in [2.05, 4.69) is 5.32 Å². The molecule has 1 aliphatic rings. The smallest absolute Gasteiger partial charge is 0.294 e. The summed E-state index contributed by atoms with van der Waals surface area (Å²) in [5.41, 5.74) is -0.0311. The van der Waals surface area contributed by atoms with Gasteiger partial charge in [-0.25, -0.2) is 0 Å². The SMILES string of the molecule is COCCN1C(=O)c2oc3ccccc3c2OCC1(C)C(=O)NCc1cc(OC)ccc1OC. The summed E-state index contributed by atoms with van der Waals surface area (Å²) in [6.45, 7) is 2.22. The minimum atomic E-state index is -1.32. The number of hydrogen-bond acceptors (Lipinski definition) is 7. The largest absolute Gasteiger partial charge is 0.497 e. The van der Waals surface area contributed by atoms with Gasteiger partial charge in [0.15, 0.2) is 11.3 Å². The van der Waals surface area contributed by atoms with Crippen LogP contribution in [-0.4, -0.2) is 63.3 Å². The van der Waals surface area contributed by atoms with E-state index in [1.165, 1.54) is 12.0 Å². The monoisotopic (exact) mass is 468 g/mol. The number of rotatable bonds is 8. The van der Waals surface area contributed by atoms with Crippen LogP contribution >= 0.6 is 0 Å². The summed E-state index contributed by atoms with van der Waals surface area (Å²) in [7, 11) is 4.67. The molecule has 9 heteroatoms. The number of carbonyl (C=O) groups is 2. The Balaban J connectivity index is 1.64. The van der Waals surface area contributed by atoms with Crippen LogP contribution in [0.2, 0.25) is 0 Å². The Morgan fingerprint density at radius 3 is 2.68 bits per heavy atom. The lowest BCUT2D eigenvalue weighted by Crippen LogP contribution is -2.61. The Labute approximate surface area is 197 Å². The van der Waals surface area contributed by atoms with Gasteiger partial charge in [0, 0.05) is 25.8 Å². The van der Waals surface area contributed by atoms with Crippen LogP contribution < -0.4 is 19.5 Å². The van der Waals surface area contributed by atoms with Crippen LogP contribution in [0.25, 0.3) is 11.0 Å². The highest BCUT2D eigenvalue weighted by atomic mass is 16.5. The molecular formula is C25H28N2O7. The third-order valence-electron chi connectivity index (χ3n) is 6.02. The maximum atomic E-state index is 13.6. The zero-order chi connectivity index (χ0) is 24.3. The number of ether oxygens (including phenoxy) is 4. The molecule has 9 nitrogen and oxygen atoms in total. The van der Waals surface area contributed by atoms with E-state index in [0.29, 0.717) is 28.2 Å². The molecule has 1 atom stereocenters. The predicted octanol–water partition coefficient (Wildman–Crippen LogP) is 3.01. The molecule has 0 spiro atoms. The fourth-order valence-electron chi connectivity index (χ4n) is 4.05. The molecule has 0 bridgehead atoms. The summed E-state index contributed by atoms with van der Waals surface area (Å²) < 4.78 is 27.8. The number of benzene rings is 2. The highest BCUT2D eigenvalue weighted by molar-refractivity contribution is 6.04. The fourth-order valence-corrected chi connectivity index (χ4v) is 4.05. The molecule has 3 aromatic rings. The lowest BCUT2D eigenvalue weighted by Gasteiger charge is -2.37. The van der Waals surface area contributed by atoms with E-state index in [1.807, 2.05) is 18.2 Å². The van der Waals surface area contributed by atoms with Gasteiger partial charge in [-0.05, 0) is 37.3 Å². The van der Waals surface area contributed by atoms with Crippen molar-refractivity contribution in [2.75, 3.05) is 41.1 Å². The van der Waals surface area contributed by atoms with Crippen molar-refractivity contribution in [2.24, 2.45) is 0 Å². The van der Waals surface area contributed by atoms with E-state index < -0.39 is 11.4 Å². The highest BCUT2D eigenvalue weighted by Crippen LogP contribution is 2.38. The van der Waals surface area contributed by atoms with Gasteiger partial charge in [0.05, 0.1) is 26.2 Å². The number of nitrogens with one attached hydrogen (secondary N) is 1. The zero-order valence-corrected chi connectivity index (χ0v) is 19.7. The third kappa shape index (κ3) is 4.14. The van der Waals surface area contributed by atoms with Gasteiger partial charge in [-0.15, -0.1) is 0 Å². The van der Waals surface area contributed by atoms with Crippen molar-refractivity contribution in [2.45, 2.75) is 19.0 Å². The van der Waals surface area contributed by atoms with Crippen molar-refractivity contribution < 1.29 is 33.0 Å². The van der Waals surface area contributed by atoms with Gasteiger partial charge in [-0.2, -0.15) is 0 Å². The zero-order valence-electron chi connectivity index (χ0n) is 19.7. The summed E-state index contributed by atoms with van der Waals surface area (Å²) in [5, 5.41) is 3.61. The molecule has 1 aromatic heterocycles. The Kier molecular flexibility index (Phi) is 6.65. The number of fused-ring (bicyclic) bond motifs is 3. The number of methoxy groups -OCH3 is 3. The van der Waals surface area contributed by atoms with Crippen molar-refractivity contribution >= 4 is 22.8 Å². The number of para-hydroxylation sites is 1. The molecule has 180 valence electrons. The minimum absolute atomic E-state index is 0.0555. The number of amides is 2. The second-order valence-corrected chi connectivity index (χ2v) is 8.13. The van der Waals surface area contributed by atoms with Gasteiger partial charge in [0.2, 0.25) is 11.7 Å². The summed E-state index contributed by atoms with van der Waals surface area (Å²) in [5.74, 6) is 0.856. The molecule has 0 aliphatic carbocycles. The second kappa shape index (κ2) is 9.64. The van der Waals surface area contributed by atoms with Crippen LogP contribution in [0.1, 0.15) is 23.0 Å². The maximum Gasteiger partial charge on any atom is 0.294 e. The lowest BCUT2D eigenvalue weighted by atomic mass is 9.99. The number of carbonyl (C=O) groups excluding carboxylic acids is 2. The molecule has 2 heterocycles. The first kappa shape index (κ1) is 23.4. The first-order chi connectivity index (χ1) is 16.4. The van der Waals surface area contributed by atoms with E-state index in [4.69, 9.17) is 23.4 Å². The number of nitrogens with zero attached hydrogens (tertiary/aromatic N) is 1. The minimum Gasteiger partial charge on any atom is -0.497 e. The standard InChI is InChI=1S/C25H28N2O7/c1-25(24(29)26-14-16-13-17(31-3)9-10-19(16)32-4)15-33-21-18-7-5-6-8-20(18)34-22(21)23(28)27(25)11-12-30-2/h5-10,13H,11-12,14-15H2,1-4H3,(H,26,29). The topological polar surface area (TPSA) is 99.5 Å². The molecule has 0 fully saturated rings. The summed E-state index contributed by atoms with van der Waals surface area (Å²) in [6.07, 6.45) is 0. The lowest BCUT2D eigenvalue weighted by molar-refractivity contribution is -0.133. The van der Waals surface area contributed by atoms with Crippen LogP contribution in [-0.2, 0) is 16.1 Å². The van der Waals surface area contributed by atoms with Crippen LogP contribution in [0.4, 0.5) is 0 Å². The van der Waals surface area contributed by atoms with E-state index in [0.717, 1.165) is 5.56 Å². The average molecular weight is 469 g/mol. The van der Waals surface area contributed by atoms with E-state index >= 15 is 0 Å². The van der Waals surface area contributed by atoms with Crippen LogP contribution in [0.3, 0.4) is 0 Å². The van der Waals surface area contributed by atoms with Crippen LogP contribution in [0.15, 0.2) is 46.9 Å². The van der Waals surface area contributed by atoms with Gasteiger partial charge in [-0.1, -0.05) is 12.1 Å². The fraction of sp³-hybridized carbons (Fsp3) is 0.360. The Hall–Kier alpha value is -3.72. The maximum absolute atomic E-state index is 13.6. The highest BCUT2D eigenvalue weighted by Gasteiger charge is 2.47. The molecular weight excluding hydrogens is 440 g/mol. The van der Waals surface area contributed by atoms with E-state index in [-0.39, 0.29) is 38.0 Å². The first-order valence-corrected chi connectivity index (χ1v) is 10.9. The second-order valence-electron chi connectivity index (χ2n) is 8.13. The van der Waals surface area contributed by atoms with Crippen molar-refractivity contribution in [1.29, 1.82) is 0 Å². The molecule has 2 amide bonds. The van der Waals surface area contributed by atoms with Crippen molar-refractivity contribution in [3.63, 3.8) is 0 Å². The molecule has 0 radical (unpaired) electrons. The van der Waals surface area contributed by atoms with Crippen molar-refractivity contribution in [1.82, 2.24) is 10.2 Å². The normalized spacial score (nSPS) is 17.6. The van der Waals surface area contributed by atoms with Gasteiger partial charge >= 0.3 is 0 Å². The average Bonchev–Trinajstić information content (AvgIpc) is 3.19. The number of hydrogen-bond donors (Lipinski definition) is 1. The van der Waals surface area contributed by atoms with Gasteiger partial charge in [-0.3, -0.25) is 9.59 Å². The molecule has 0 saturated heterocycles. The van der Waals surface area contributed by atoms with Gasteiger partial charge < -0.3 is 33.6 Å². The van der Waals surface area contributed by atoms with Crippen LogP contribution in [0, 0.1) is 0 Å². The molecule has 1 unspecified atom stereocenters. The van der Waals surface area contributed by atoms with Crippen molar-refractivity contribution in [3.8, 4) is 17.2 Å². The Morgan fingerprint density at radius 2 is 1.94 bits per heavy atom. The van der Waals surface area contributed by atoms with Gasteiger partial charge in [0.1, 0.15) is 23.7 Å². The first-order valence-electron chi connectivity index (χ1n) is 10.9. The molecule has 0 saturated carbocycles. The molecule has 1 aliphatic heterocycles. The Bertz CT molecular complexity index is 1210. The van der Waals surface area contributed by atoms with Gasteiger partial charge in [0.25, 0.3) is 5.91 Å². The van der Waals surface area contributed by atoms with Crippen LogP contribution in [0.5, 0.6) is 17.2 Å². The molecule has 34 heavy (non-hydrogen) atoms. The summed E-state index contributed by atoms with van der Waals surface area (Å²) in [6, 6.07) is 12.6. The molecule has 1 N–H and O–H groups in total. The number of furan rings is 1. The van der Waals surface area contributed by atoms with E-state index in [1.54, 1.807) is 45.4 Å². The Morgan fingerprint density at radius 1 is 1.15 bits per heavy atom. The third-order valence-corrected chi connectivity index (χ3v) is 6.02. The molecule has 2 aromatic carbocycles. The molecule has 4 rings (SSSR count). The van der Waals surface area contributed by atoms with Crippen molar-refractivity contribution in [3.05, 3.63) is 53.8 Å². The summed E-state index contributed by atoms with van der Waals surface area (Å²) >= 11 is 0. The predicted molar refractivity (Wildman–Crippen MR) is 124 cm³/mol.